The second-order valence-corrected chi connectivity index (χ2v) is 7.98. The van der Waals surface area contributed by atoms with Crippen molar-refractivity contribution >= 4 is 38.0 Å². The quantitative estimate of drug-likeness (QED) is 0.318. The molecule has 26 heavy (non-hydrogen) atoms. The molecule has 2 atom stereocenters. The van der Waals surface area contributed by atoms with Gasteiger partial charge in [-0.1, -0.05) is 44.0 Å². The number of halogens is 2. The zero-order chi connectivity index (χ0) is 19.3. The highest BCUT2D eigenvalue weighted by atomic mass is 79.9. The molecule has 1 heterocycles. The van der Waals surface area contributed by atoms with Gasteiger partial charge in [0.05, 0.1) is 18.6 Å². The third kappa shape index (κ3) is 5.30. The highest BCUT2D eigenvalue weighted by Gasteiger charge is 2.31. The molecule has 2 rings (SSSR count). The van der Waals surface area contributed by atoms with Gasteiger partial charge >= 0.3 is 6.09 Å². The van der Waals surface area contributed by atoms with Crippen molar-refractivity contribution in [1.29, 1.82) is 0 Å². The summed E-state index contributed by atoms with van der Waals surface area (Å²) in [6.45, 7) is 4.39. The van der Waals surface area contributed by atoms with Crippen LogP contribution >= 0.6 is 31.9 Å². The minimum Gasteiger partial charge on any atom is -0.450 e. The van der Waals surface area contributed by atoms with Crippen molar-refractivity contribution in [2.45, 2.75) is 38.6 Å². The molecular formula is C18H22Br2N2O4. The van der Waals surface area contributed by atoms with E-state index in [4.69, 9.17) is 4.74 Å². The molecule has 0 bridgehead atoms. The predicted octanol–water partition coefficient (Wildman–Crippen LogP) is 5.06. The molecule has 0 fully saturated rings. The summed E-state index contributed by atoms with van der Waals surface area (Å²) in [6.07, 6.45) is 4.80. The first-order valence-corrected chi connectivity index (χ1v) is 10.1. The SMILES string of the molecule is CCOC(=O)N1CCC=CC1CC(C[N+](=O)[O-])c1c(Br)cc(C)cc1Br. The maximum absolute atomic E-state index is 12.2. The van der Waals surface area contributed by atoms with E-state index >= 15 is 0 Å². The van der Waals surface area contributed by atoms with Gasteiger partial charge < -0.3 is 9.64 Å². The number of benzene rings is 1. The first-order chi connectivity index (χ1) is 12.3. The van der Waals surface area contributed by atoms with Crippen LogP contribution in [-0.2, 0) is 4.74 Å². The summed E-state index contributed by atoms with van der Waals surface area (Å²) in [5.74, 6) is -0.348. The van der Waals surface area contributed by atoms with Crippen LogP contribution in [0.4, 0.5) is 4.79 Å². The Bertz CT molecular complexity index is 685. The van der Waals surface area contributed by atoms with Crippen molar-refractivity contribution in [3.8, 4) is 0 Å². The largest absolute Gasteiger partial charge is 0.450 e. The van der Waals surface area contributed by atoms with Crippen LogP contribution in [0.1, 0.15) is 36.8 Å². The number of nitrogens with zero attached hydrogens (tertiary/aromatic N) is 2. The van der Waals surface area contributed by atoms with Gasteiger partial charge in [0.2, 0.25) is 6.54 Å². The first-order valence-electron chi connectivity index (χ1n) is 8.50. The molecule has 1 aliphatic heterocycles. The normalized spacial score (nSPS) is 17.8. The first kappa shape index (κ1) is 20.9. The van der Waals surface area contributed by atoms with Crippen molar-refractivity contribution in [3.05, 3.63) is 54.5 Å². The van der Waals surface area contributed by atoms with Crippen LogP contribution in [0.5, 0.6) is 0 Å². The van der Waals surface area contributed by atoms with E-state index in [1.54, 1.807) is 11.8 Å². The van der Waals surface area contributed by atoms with Crippen LogP contribution in [0, 0.1) is 17.0 Å². The van der Waals surface area contributed by atoms with Gasteiger partial charge in [-0.25, -0.2) is 4.79 Å². The number of hydrogen-bond acceptors (Lipinski definition) is 4. The molecular weight excluding hydrogens is 468 g/mol. The molecule has 0 spiro atoms. The summed E-state index contributed by atoms with van der Waals surface area (Å²) in [6, 6.07) is 3.67. The van der Waals surface area contributed by atoms with Crippen LogP contribution in [0.2, 0.25) is 0 Å². The molecule has 0 aliphatic carbocycles. The lowest BCUT2D eigenvalue weighted by Crippen LogP contribution is -2.43. The van der Waals surface area contributed by atoms with Gasteiger partial charge in [0, 0.05) is 20.4 Å². The topological polar surface area (TPSA) is 72.7 Å². The second-order valence-electron chi connectivity index (χ2n) is 6.27. The fraction of sp³-hybridized carbons (Fsp3) is 0.500. The third-order valence-corrected chi connectivity index (χ3v) is 5.64. The Labute approximate surface area is 170 Å². The number of aryl methyl sites for hydroxylation is 1. The molecule has 1 aromatic rings. The molecule has 1 amide bonds. The Hall–Kier alpha value is -1.41. The average Bonchev–Trinajstić information content (AvgIpc) is 2.54. The minimum atomic E-state index is -0.372. The number of hydrogen-bond donors (Lipinski definition) is 0. The molecule has 6 nitrogen and oxygen atoms in total. The molecule has 1 aliphatic rings. The van der Waals surface area contributed by atoms with Crippen molar-refractivity contribution < 1.29 is 14.5 Å². The monoisotopic (exact) mass is 488 g/mol. The fourth-order valence-corrected chi connectivity index (χ4v) is 5.29. The Morgan fingerprint density at radius 1 is 1.42 bits per heavy atom. The van der Waals surface area contributed by atoms with E-state index in [2.05, 4.69) is 31.9 Å². The second kappa shape index (κ2) is 9.50. The lowest BCUT2D eigenvalue weighted by atomic mass is 9.90. The molecule has 0 saturated carbocycles. The Balaban J connectivity index is 2.33. The van der Waals surface area contributed by atoms with E-state index in [9.17, 15) is 14.9 Å². The van der Waals surface area contributed by atoms with Crippen molar-refractivity contribution in [3.63, 3.8) is 0 Å². The summed E-state index contributed by atoms with van der Waals surface area (Å²) < 4.78 is 6.81. The van der Waals surface area contributed by atoms with E-state index in [1.807, 2.05) is 31.2 Å². The van der Waals surface area contributed by atoms with Gasteiger partial charge in [0.25, 0.3) is 0 Å². The molecule has 8 heteroatoms. The highest BCUT2D eigenvalue weighted by molar-refractivity contribution is 9.11. The van der Waals surface area contributed by atoms with E-state index in [1.165, 1.54) is 0 Å². The van der Waals surface area contributed by atoms with Crippen LogP contribution in [0.15, 0.2) is 33.2 Å². The predicted molar refractivity (Wildman–Crippen MR) is 107 cm³/mol. The van der Waals surface area contributed by atoms with E-state index in [0.29, 0.717) is 19.6 Å². The van der Waals surface area contributed by atoms with Crippen LogP contribution < -0.4 is 0 Å². The summed E-state index contributed by atoms with van der Waals surface area (Å²) in [5, 5.41) is 11.3. The molecule has 1 aromatic carbocycles. The summed E-state index contributed by atoms with van der Waals surface area (Å²) in [5.41, 5.74) is 1.91. The number of ether oxygens (including phenoxy) is 1. The van der Waals surface area contributed by atoms with E-state index < -0.39 is 0 Å². The number of nitro groups is 1. The van der Waals surface area contributed by atoms with Gasteiger partial charge in [-0.3, -0.25) is 10.1 Å². The highest BCUT2D eigenvalue weighted by Crippen LogP contribution is 2.37. The van der Waals surface area contributed by atoms with Gasteiger partial charge in [0.15, 0.2) is 0 Å². The Morgan fingerprint density at radius 3 is 2.65 bits per heavy atom. The fourth-order valence-electron chi connectivity index (χ4n) is 3.23. The Morgan fingerprint density at radius 2 is 2.08 bits per heavy atom. The third-order valence-electron chi connectivity index (χ3n) is 4.32. The van der Waals surface area contributed by atoms with Crippen molar-refractivity contribution in [2.75, 3.05) is 19.7 Å². The van der Waals surface area contributed by atoms with Crippen molar-refractivity contribution in [2.24, 2.45) is 0 Å². The van der Waals surface area contributed by atoms with Gasteiger partial charge in [0.1, 0.15) is 0 Å². The average molecular weight is 490 g/mol. The van der Waals surface area contributed by atoms with Gasteiger partial charge in [-0.05, 0) is 49.9 Å². The number of carbonyl (C=O) groups excluding carboxylic acids is 1. The molecule has 0 aromatic heterocycles. The molecule has 142 valence electrons. The standard InChI is InChI=1S/C18H22Br2N2O4/c1-3-26-18(23)21-7-5-4-6-14(21)10-13(11-22(24)25)17-15(19)8-12(2)9-16(17)20/h4,6,8-9,13-14H,3,5,7,10-11H2,1-2H3. The van der Waals surface area contributed by atoms with Gasteiger partial charge in [-0.15, -0.1) is 0 Å². The number of carbonyl (C=O) groups is 1. The van der Waals surface area contributed by atoms with E-state index in [-0.39, 0.29) is 29.5 Å². The molecule has 0 N–H and O–H groups in total. The molecule has 2 unspecified atom stereocenters. The smallest absolute Gasteiger partial charge is 0.410 e. The summed E-state index contributed by atoms with van der Waals surface area (Å²) >= 11 is 7.09. The van der Waals surface area contributed by atoms with E-state index in [0.717, 1.165) is 26.5 Å². The lowest BCUT2D eigenvalue weighted by Gasteiger charge is -2.33. The Kier molecular flexibility index (Phi) is 7.64. The van der Waals surface area contributed by atoms with Gasteiger partial charge in [-0.2, -0.15) is 0 Å². The summed E-state index contributed by atoms with van der Waals surface area (Å²) in [4.78, 5) is 24.9. The zero-order valence-corrected chi connectivity index (χ0v) is 18.0. The summed E-state index contributed by atoms with van der Waals surface area (Å²) in [7, 11) is 0. The maximum atomic E-state index is 12.2. The van der Waals surface area contributed by atoms with Crippen LogP contribution in [0.25, 0.3) is 0 Å². The van der Waals surface area contributed by atoms with Crippen LogP contribution in [-0.4, -0.2) is 41.7 Å². The molecule has 0 saturated heterocycles. The van der Waals surface area contributed by atoms with Crippen LogP contribution in [0.3, 0.4) is 0 Å². The molecule has 0 radical (unpaired) electrons. The minimum absolute atomic E-state index is 0.207. The maximum Gasteiger partial charge on any atom is 0.410 e. The lowest BCUT2D eigenvalue weighted by molar-refractivity contribution is -0.483. The number of amides is 1. The number of rotatable bonds is 6. The van der Waals surface area contributed by atoms with Crippen molar-refractivity contribution in [1.82, 2.24) is 4.90 Å². The zero-order valence-electron chi connectivity index (χ0n) is 14.8.